The molecule has 5 heteroatoms. The second-order valence-corrected chi connectivity index (χ2v) is 6.13. The maximum Gasteiger partial charge on any atom is 0.252 e. The van der Waals surface area contributed by atoms with E-state index in [1.807, 2.05) is 30.3 Å². The molecule has 1 unspecified atom stereocenters. The minimum absolute atomic E-state index is 0.119. The lowest BCUT2D eigenvalue weighted by Gasteiger charge is -2.17. The van der Waals surface area contributed by atoms with Crippen molar-refractivity contribution in [2.75, 3.05) is 13.2 Å². The van der Waals surface area contributed by atoms with Gasteiger partial charge in [-0.2, -0.15) is 0 Å². The first-order valence-corrected chi connectivity index (χ1v) is 8.26. The minimum Gasteiger partial charge on any atom is -0.396 e. The zero-order valence-electron chi connectivity index (χ0n) is 12.6. The fraction of sp³-hybridized carbons (Fsp3) is 0.278. The number of hydrogen-bond acceptors (Lipinski definition) is 2. The predicted octanol–water partition coefficient (Wildman–Crippen LogP) is 4.28. The second-order valence-electron chi connectivity index (χ2n) is 5.29. The van der Waals surface area contributed by atoms with Crippen molar-refractivity contribution in [1.82, 2.24) is 5.32 Å². The summed E-state index contributed by atoms with van der Waals surface area (Å²) in [5.41, 5.74) is 1.54. The van der Waals surface area contributed by atoms with Gasteiger partial charge in [0.25, 0.3) is 5.91 Å². The van der Waals surface area contributed by atoms with Crippen molar-refractivity contribution in [2.45, 2.75) is 18.8 Å². The third-order valence-electron chi connectivity index (χ3n) is 3.70. The Balaban J connectivity index is 1.94. The monoisotopic (exact) mass is 351 g/mol. The van der Waals surface area contributed by atoms with E-state index in [4.69, 9.17) is 23.2 Å². The molecule has 0 saturated heterocycles. The summed E-state index contributed by atoms with van der Waals surface area (Å²) in [6, 6.07) is 14.8. The van der Waals surface area contributed by atoms with Crippen LogP contribution in [0.1, 0.15) is 34.7 Å². The zero-order chi connectivity index (χ0) is 16.7. The van der Waals surface area contributed by atoms with Crippen LogP contribution in [0, 0.1) is 0 Å². The number of benzene rings is 2. The Morgan fingerprint density at radius 3 is 2.52 bits per heavy atom. The van der Waals surface area contributed by atoms with Crippen LogP contribution >= 0.6 is 23.2 Å². The van der Waals surface area contributed by atoms with Crippen molar-refractivity contribution in [3.63, 3.8) is 0 Å². The highest BCUT2D eigenvalue weighted by Crippen LogP contribution is 2.23. The maximum absolute atomic E-state index is 12.2. The number of carbonyl (C=O) groups excluding carboxylic acids is 1. The van der Waals surface area contributed by atoms with Crippen LogP contribution in [0.15, 0.2) is 48.5 Å². The Morgan fingerprint density at radius 1 is 1.09 bits per heavy atom. The van der Waals surface area contributed by atoms with E-state index in [1.165, 1.54) is 0 Å². The number of halogens is 2. The van der Waals surface area contributed by atoms with Gasteiger partial charge >= 0.3 is 0 Å². The summed E-state index contributed by atoms with van der Waals surface area (Å²) in [4.78, 5) is 12.2. The maximum atomic E-state index is 12.2. The van der Waals surface area contributed by atoms with E-state index in [-0.39, 0.29) is 18.4 Å². The molecule has 0 aliphatic carbocycles. The molecule has 0 radical (unpaired) electrons. The van der Waals surface area contributed by atoms with Gasteiger partial charge in [0.15, 0.2) is 0 Å². The fourth-order valence-corrected chi connectivity index (χ4v) is 2.86. The third kappa shape index (κ3) is 5.24. The van der Waals surface area contributed by atoms with E-state index in [1.54, 1.807) is 18.2 Å². The summed E-state index contributed by atoms with van der Waals surface area (Å²) < 4.78 is 0. The Morgan fingerprint density at radius 2 is 1.83 bits per heavy atom. The number of nitrogens with one attached hydrogen (secondary N) is 1. The van der Waals surface area contributed by atoms with E-state index < -0.39 is 0 Å². The SMILES string of the molecule is O=C(NCCC(CCO)c1ccccc1)c1cc(Cl)ccc1Cl. The molecule has 122 valence electrons. The van der Waals surface area contributed by atoms with Crippen LogP contribution in [-0.2, 0) is 0 Å². The number of amides is 1. The van der Waals surface area contributed by atoms with Gasteiger partial charge in [-0.3, -0.25) is 4.79 Å². The van der Waals surface area contributed by atoms with Crippen molar-refractivity contribution in [1.29, 1.82) is 0 Å². The molecule has 3 nitrogen and oxygen atoms in total. The van der Waals surface area contributed by atoms with Gasteiger partial charge in [0, 0.05) is 18.2 Å². The number of aliphatic hydroxyl groups excluding tert-OH is 1. The molecule has 2 aromatic carbocycles. The summed E-state index contributed by atoms with van der Waals surface area (Å²) in [6.45, 7) is 0.620. The largest absolute Gasteiger partial charge is 0.396 e. The number of aliphatic hydroxyl groups is 1. The molecule has 0 fully saturated rings. The first kappa shape index (κ1) is 17.8. The van der Waals surface area contributed by atoms with Gasteiger partial charge in [0.2, 0.25) is 0 Å². The quantitative estimate of drug-likeness (QED) is 0.781. The lowest BCUT2D eigenvalue weighted by molar-refractivity contribution is 0.0952. The molecule has 0 saturated carbocycles. The average molecular weight is 352 g/mol. The van der Waals surface area contributed by atoms with Crippen LogP contribution < -0.4 is 5.32 Å². The molecule has 0 aliphatic heterocycles. The predicted molar refractivity (Wildman–Crippen MR) is 94.3 cm³/mol. The average Bonchev–Trinajstić information content (AvgIpc) is 2.57. The molecular formula is C18H19Cl2NO2. The number of carbonyl (C=O) groups is 1. The molecule has 0 aromatic heterocycles. The molecule has 2 N–H and O–H groups in total. The highest BCUT2D eigenvalue weighted by atomic mass is 35.5. The van der Waals surface area contributed by atoms with Gasteiger partial charge < -0.3 is 10.4 Å². The van der Waals surface area contributed by atoms with Crippen LogP contribution in [0.5, 0.6) is 0 Å². The van der Waals surface area contributed by atoms with Crippen molar-refractivity contribution in [3.05, 3.63) is 69.7 Å². The summed E-state index contributed by atoms with van der Waals surface area (Å²) in [6.07, 6.45) is 1.41. The normalized spacial score (nSPS) is 12.0. The fourth-order valence-electron chi connectivity index (χ4n) is 2.49. The molecule has 1 atom stereocenters. The van der Waals surface area contributed by atoms with Gasteiger partial charge in [-0.05, 0) is 42.5 Å². The van der Waals surface area contributed by atoms with Crippen LogP contribution in [0.2, 0.25) is 10.0 Å². The van der Waals surface area contributed by atoms with E-state index >= 15 is 0 Å². The van der Waals surface area contributed by atoms with Crippen molar-refractivity contribution in [2.24, 2.45) is 0 Å². The molecule has 23 heavy (non-hydrogen) atoms. The highest BCUT2D eigenvalue weighted by Gasteiger charge is 2.14. The molecule has 2 aromatic rings. The Bertz CT molecular complexity index is 647. The lowest BCUT2D eigenvalue weighted by atomic mass is 9.93. The molecule has 0 aliphatic rings. The summed E-state index contributed by atoms with van der Waals surface area (Å²) >= 11 is 11.9. The summed E-state index contributed by atoms with van der Waals surface area (Å²) in [7, 11) is 0. The topological polar surface area (TPSA) is 49.3 Å². The van der Waals surface area contributed by atoms with E-state index in [2.05, 4.69) is 5.32 Å². The van der Waals surface area contributed by atoms with Crippen LogP contribution in [-0.4, -0.2) is 24.2 Å². The van der Waals surface area contributed by atoms with Crippen LogP contribution in [0.4, 0.5) is 0 Å². The van der Waals surface area contributed by atoms with E-state index in [9.17, 15) is 9.90 Å². The standard InChI is InChI=1S/C18H19Cl2NO2/c19-15-6-7-17(20)16(12-15)18(23)21-10-8-14(9-11-22)13-4-2-1-3-5-13/h1-7,12,14,22H,8-11H2,(H,21,23). The Labute approximate surface area is 146 Å². The van der Waals surface area contributed by atoms with Crippen molar-refractivity contribution < 1.29 is 9.90 Å². The van der Waals surface area contributed by atoms with Gasteiger partial charge in [0.05, 0.1) is 10.6 Å². The number of hydrogen-bond donors (Lipinski definition) is 2. The first-order valence-electron chi connectivity index (χ1n) is 7.51. The molecule has 0 heterocycles. The second kappa shape index (κ2) is 8.92. The molecule has 0 spiro atoms. The first-order chi connectivity index (χ1) is 11.1. The Hall–Kier alpha value is -1.55. The van der Waals surface area contributed by atoms with Gasteiger partial charge in [-0.1, -0.05) is 53.5 Å². The van der Waals surface area contributed by atoms with Gasteiger partial charge in [-0.25, -0.2) is 0 Å². The smallest absolute Gasteiger partial charge is 0.252 e. The summed E-state index contributed by atoms with van der Waals surface area (Å²) in [5, 5.41) is 12.9. The van der Waals surface area contributed by atoms with E-state index in [0.717, 1.165) is 12.0 Å². The zero-order valence-corrected chi connectivity index (χ0v) is 14.1. The molecule has 2 rings (SSSR count). The number of rotatable bonds is 7. The summed E-state index contributed by atoms with van der Waals surface area (Å²) in [5.74, 6) is -0.0374. The highest BCUT2D eigenvalue weighted by molar-refractivity contribution is 6.35. The van der Waals surface area contributed by atoms with E-state index in [0.29, 0.717) is 28.6 Å². The molecule has 1 amide bonds. The van der Waals surface area contributed by atoms with Crippen LogP contribution in [0.25, 0.3) is 0 Å². The van der Waals surface area contributed by atoms with Gasteiger partial charge in [-0.15, -0.1) is 0 Å². The Kier molecular flexibility index (Phi) is 6.90. The molecule has 0 bridgehead atoms. The van der Waals surface area contributed by atoms with Gasteiger partial charge in [0.1, 0.15) is 0 Å². The third-order valence-corrected chi connectivity index (χ3v) is 4.26. The van der Waals surface area contributed by atoms with Crippen molar-refractivity contribution in [3.8, 4) is 0 Å². The molecular weight excluding hydrogens is 333 g/mol. The minimum atomic E-state index is -0.242. The van der Waals surface area contributed by atoms with Crippen LogP contribution in [0.3, 0.4) is 0 Å². The van der Waals surface area contributed by atoms with Crippen molar-refractivity contribution >= 4 is 29.1 Å². The lowest BCUT2D eigenvalue weighted by Crippen LogP contribution is -2.26.